The van der Waals surface area contributed by atoms with Crippen LogP contribution in [0.15, 0.2) is 12.2 Å². The molecule has 2 rings (SSSR count). The van der Waals surface area contributed by atoms with Gasteiger partial charge in [0.05, 0.1) is 5.75 Å². The fourth-order valence-electron chi connectivity index (χ4n) is 4.89. The Hall–Kier alpha value is -3.65. The summed E-state index contributed by atoms with van der Waals surface area (Å²) in [6.45, 7) is 9.79. The van der Waals surface area contributed by atoms with Gasteiger partial charge in [-0.3, -0.25) is 28.8 Å². The molecule has 0 saturated carbocycles. The summed E-state index contributed by atoms with van der Waals surface area (Å²) in [4.78, 5) is 71.8. The van der Waals surface area contributed by atoms with Crippen LogP contribution in [-0.2, 0) is 81.2 Å². The molecule has 2 heterocycles. The van der Waals surface area contributed by atoms with Gasteiger partial charge in [0.2, 0.25) is 0 Å². The number of carbonyl (C=O) groups excluding carboxylic acids is 6. The van der Waals surface area contributed by atoms with Crippen LogP contribution in [0.3, 0.4) is 0 Å². The van der Waals surface area contributed by atoms with E-state index >= 15 is 0 Å². The van der Waals surface area contributed by atoms with E-state index in [1.165, 1.54) is 6.92 Å². The molecule has 266 valence electrons. The van der Waals surface area contributed by atoms with Gasteiger partial charge in [-0.15, -0.1) is 0 Å². The lowest BCUT2D eigenvalue weighted by atomic mass is 9.96. The van der Waals surface area contributed by atoms with Crippen LogP contribution in [0.1, 0.15) is 48.5 Å². The maximum atomic E-state index is 13.4. The summed E-state index contributed by atoms with van der Waals surface area (Å²) in [5, 5.41) is 11.3. The third-order valence-corrected chi connectivity index (χ3v) is 8.39. The second-order valence-electron chi connectivity index (χ2n) is 10.8. The lowest BCUT2D eigenvalue weighted by molar-refractivity contribution is -0.340. The minimum atomic E-state index is -4.37. The van der Waals surface area contributed by atoms with Gasteiger partial charge < -0.3 is 47.7 Å². The third kappa shape index (κ3) is 11.5. The Morgan fingerprint density at radius 2 is 1.04 bits per heavy atom. The van der Waals surface area contributed by atoms with Crippen molar-refractivity contribution in [1.29, 1.82) is 0 Å². The molecular weight excluding hydrogens is 656 g/mol. The molecule has 2 aliphatic heterocycles. The van der Waals surface area contributed by atoms with Gasteiger partial charge in [0, 0.05) is 41.5 Å². The molecule has 19 heteroatoms. The zero-order valence-corrected chi connectivity index (χ0v) is 27.7. The molecule has 0 aliphatic carbocycles. The van der Waals surface area contributed by atoms with Crippen LogP contribution in [0.5, 0.6) is 0 Å². The lowest BCUT2D eigenvalue weighted by Gasteiger charge is -2.48. The van der Waals surface area contributed by atoms with Crippen molar-refractivity contribution < 1.29 is 84.9 Å². The van der Waals surface area contributed by atoms with Gasteiger partial charge in [0.25, 0.3) is 0 Å². The molecule has 0 spiro atoms. The molecular formula is C28H40O18S. The van der Waals surface area contributed by atoms with E-state index in [-0.39, 0.29) is 5.57 Å². The zero-order valence-electron chi connectivity index (χ0n) is 26.9. The molecule has 10 atom stereocenters. The summed E-state index contributed by atoms with van der Waals surface area (Å²) < 4.78 is 75.8. The first kappa shape index (κ1) is 39.5. The first-order chi connectivity index (χ1) is 21.7. The van der Waals surface area contributed by atoms with Crippen LogP contribution in [-0.4, -0.2) is 129 Å². The Morgan fingerprint density at radius 3 is 1.49 bits per heavy atom. The van der Waals surface area contributed by atoms with Gasteiger partial charge in [-0.05, 0) is 6.92 Å². The van der Waals surface area contributed by atoms with Crippen molar-refractivity contribution in [1.82, 2.24) is 0 Å². The van der Waals surface area contributed by atoms with Crippen LogP contribution in [0.25, 0.3) is 0 Å². The molecule has 2 unspecified atom stereocenters. The van der Waals surface area contributed by atoms with E-state index in [1.54, 1.807) is 0 Å². The second kappa shape index (κ2) is 17.0. The topological polar surface area (TPSA) is 240 Å². The van der Waals surface area contributed by atoms with Gasteiger partial charge in [-0.1, -0.05) is 12.2 Å². The normalized spacial score (nSPS) is 30.6. The Bertz CT molecular complexity index is 1310. The SMILES string of the molecule is C=C(C)CS(=O)(=O)C1O[C@H](COC(C)=O)[C@@H](OC2O[C@H](COC(C)=O)[C@@H](OC(C)=O)[C@H](OC(C)=O)[C@H]2O)[C@H](OC(C)=O)[C@H]1OC(C)=O. The Kier molecular flexibility index (Phi) is 14.3. The van der Waals surface area contributed by atoms with Gasteiger partial charge in [0.1, 0.15) is 37.6 Å². The number of ether oxygens (including phenoxy) is 9. The van der Waals surface area contributed by atoms with Crippen LogP contribution in [0, 0.1) is 0 Å². The molecule has 0 bridgehead atoms. The zero-order chi connectivity index (χ0) is 35.8. The summed E-state index contributed by atoms with van der Waals surface area (Å²) in [5.74, 6) is -6.03. The average Bonchev–Trinajstić information content (AvgIpc) is 2.90. The van der Waals surface area contributed by atoms with E-state index in [9.17, 15) is 42.3 Å². The lowest BCUT2D eigenvalue weighted by Crippen LogP contribution is -2.67. The maximum Gasteiger partial charge on any atom is 0.303 e. The number of carbonyl (C=O) groups is 6. The highest BCUT2D eigenvalue weighted by Gasteiger charge is 2.58. The Morgan fingerprint density at radius 1 is 0.617 bits per heavy atom. The quantitative estimate of drug-likeness (QED) is 0.138. The molecule has 18 nitrogen and oxygen atoms in total. The highest BCUT2D eigenvalue weighted by molar-refractivity contribution is 7.92. The fourth-order valence-corrected chi connectivity index (χ4v) is 6.67. The van der Waals surface area contributed by atoms with E-state index in [0.717, 1.165) is 41.5 Å². The monoisotopic (exact) mass is 696 g/mol. The first-order valence-electron chi connectivity index (χ1n) is 14.2. The molecule has 1 N–H and O–H groups in total. The first-order valence-corrected chi connectivity index (χ1v) is 15.9. The van der Waals surface area contributed by atoms with Gasteiger partial charge in [-0.25, -0.2) is 8.42 Å². The van der Waals surface area contributed by atoms with E-state index in [4.69, 9.17) is 42.6 Å². The second-order valence-corrected chi connectivity index (χ2v) is 12.9. The van der Waals surface area contributed by atoms with Crippen molar-refractivity contribution in [2.45, 2.75) is 109 Å². The molecule has 47 heavy (non-hydrogen) atoms. The molecule has 0 aromatic heterocycles. The van der Waals surface area contributed by atoms with E-state index < -0.39 is 125 Å². The van der Waals surface area contributed by atoms with E-state index in [2.05, 4.69) is 6.58 Å². The highest BCUT2D eigenvalue weighted by Crippen LogP contribution is 2.36. The smallest absolute Gasteiger partial charge is 0.303 e. The Balaban J connectivity index is 2.69. The Labute approximate surface area is 270 Å². The molecule has 2 fully saturated rings. The average molecular weight is 697 g/mol. The van der Waals surface area contributed by atoms with E-state index in [0.29, 0.717) is 0 Å². The van der Waals surface area contributed by atoms with Crippen molar-refractivity contribution in [2.24, 2.45) is 0 Å². The predicted molar refractivity (Wildman–Crippen MR) is 152 cm³/mol. The summed E-state index contributed by atoms with van der Waals surface area (Å²) in [6, 6.07) is 0. The third-order valence-electron chi connectivity index (χ3n) is 6.41. The standard InChI is InChI=1S/C28H40O18S/c1-12(2)11-47(36,37)28-26(43-18(8)34)25(42-17(7)33)23(20(45-28)10-39-14(4)30)46-27-21(35)24(41-16(6)32)22(40-15(5)31)19(44-27)9-38-13(3)29/h19-28,35H,1,9-11H2,2-8H3/t19-,20-,21-,22-,23-,24-,25+,26-,27?,28?/m1/s1. The maximum absolute atomic E-state index is 13.4. The summed E-state index contributed by atoms with van der Waals surface area (Å²) in [6.07, 6.45) is -15.5. The van der Waals surface area contributed by atoms with Crippen LogP contribution >= 0.6 is 0 Å². The minimum Gasteiger partial charge on any atom is -0.463 e. The van der Waals surface area contributed by atoms with Crippen LogP contribution in [0.2, 0.25) is 0 Å². The fraction of sp³-hybridized carbons (Fsp3) is 0.714. The van der Waals surface area contributed by atoms with Crippen molar-refractivity contribution in [3.8, 4) is 0 Å². The van der Waals surface area contributed by atoms with Crippen LogP contribution in [0.4, 0.5) is 0 Å². The number of aliphatic hydroxyl groups is 1. The van der Waals surface area contributed by atoms with Gasteiger partial charge >= 0.3 is 35.8 Å². The predicted octanol–water partition coefficient (Wildman–Crippen LogP) is -0.974. The molecule has 2 saturated heterocycles. The van der Waals surface area contributed by atoms with Crippen molar-refractivity contribution in [3.63, 3.8) is 0 Å². The van der Waals surface area contributed by atoms with Gasteiger partial charge in [-0.2, -0.15) is 0 Å². The molecule has 0 radical (unpaired) electrons. The van der Waals surface area contributed by atoms with Crippen LogP contribution < -0.4 is 0 Å². The largest absolute Gasteiger partial charge is 0.463 e. The summed E-state index contributed by atoms with van der Waals surface area (Å²) >= 11 is 0. The molecule has 2 aliphatic rings. The highest BCUT2D eigenvalue weighted by atomic mass is 32.2. The molecule has 0 aromatic carbocycles. The number of rotatable bonds is 13. The number of hydrogen-bond acceptors (Lipinski definition) is 18. The summed E-state index contributed by atoms with van der Waals surface area (Å²) in [7, 11) is -4.37. The summed E-state index contributed by atoms with van der Waals surface area (Å²) in [5.41, 5.74) is -1.81. The molecule has 0 amide bonds. The number of sulfone groups is 1. The number of aliphatic hydroxyl groups excluding tert-OH is 1. The van der Waals surface area contributed by atoms with E-state index in [1.807, 2.05) is 0 Å². The number of esters is 6. The minimum absolute atomic E-state index is 0.186. The molecule has 0 aromatic rings. The van der Waals surface area contributed by atoms with Crippen molar-refractivity contribution in [2.75, 3.05) is 19.0 Å². The van der Waals surface area contributed by atoms with Crippen molar-refractivity contribution in [3.05, 3.63) is 12.2 Å². The van der Waals surface area contributed by atoms with Gasteiger partial charge in [0.15, 0.2) is 46.0 Å². The number of hydrogen-bond donors (Lipinski definition) is 1. The van der Waals surface area contributed by atoms with Crippen molar-refractivity contribution >= 4 is 45.7 Å².